The molecule has 6 nitrogen and oxygen atoms in total. The first-order valence-electron chi connectivity index (χ1n) is 6.16. The number of benzene rings is 2. The van der Waals surface area contributed by atoms with Gasteiger partial charge in [0.05, 0.1) is 4.92 Å². The highest BCUT2D eigenvalue weighted by molar-refractivity contribution is 7.87. The van der Waals surface area contributed by atoms with Gasteiger partial charge in [-0.05, 0) is 43.2 Å². The molecule has 0 fully saturated rings. The first-order chi connectivity index (χ1) is 10.2. The summed E-state index contributed by atoms with van der Waals surface area (Å²) in [6.45, 7) is 3.53. The summed E-state index contributed by atoms with van der Waals surface area (Å²) in [5, 5.41) is 10.9. The van der Waals surface area contributed by atoms with Crippen molar-refractivity contribution in [1.29, 1.82) is 0 Å². The zero-order valence-corrected chi connectivity index (χ0v) is 12.6. The van der Waals surface area contributed by atoms with Crippen LogP contribution in [0.15, 0.2) is 41.3 Å². The van der Waals surface area contributed by atoms with Crippen LogP contribution in [0.2, 0.25) is 0 Å². The Labute approximate surface area is 126 Å². The quantitative estimate of drug-likeness (QED) is 0.490. The van der Waals surface area contributed by atoms with Gasteiger partial charge in [0.2, 0.25) is 5.75 Å². The molecule has 0 unspecified atom stereocenters. The predicted octanol–water partition coefficient (Wildman–Crippen LogP) is 3.12. The van der Waals surface area contributed by atoms with Crippen LogP contribution in [0.5, 0.6) is 5.75 Å². The largest absolute Gasteiger partial charge is 0.371 e. The summed E-state index contributed by atoms with van der Waals surface area (Å²) >= 11 is 0. The average molecular weight is 325 g/mol. The Kier molecular flexibility index (Phi) is 4.14. The van der Waals surface area contributed by atoms with Crippen LogP contribution >= 0.6 is 0 Å². The molecular weight excluding hydrogens is 313 g/mol. The SMILES string of the molecule is Cc1ccc(S(=O)(=O)Oc2cc(F)ccc2[N+](=O)[O-])cc1C. The molecule has 0 amide bonds. The van der Waals surface area contributed by atoms with Gasteiger partial charge in [-0.3, -0.25) is 10.1 Å². The molecular formula is C14H12FNO5S. The van der Waals surface area contributed by atoms with Gasteiger partial charge in [0.25, 0.3) is 0 Å². The minimum atomic E-state index is -4.30. The van der Waals surface area contributed by atoms with Gasteiger partial charge in [0.15, 0.2) is 0 Å². The minimum absolute atomic E-state index is 0.158. The van der Waals surface area contributed by atoms with Crippen molar-refractivity contribution in [2.45, 2.75) is 18.7 Å². The molecule has 2 aromatic carbocycles. The summed E-state index contributed by atoms with van der Waals surface area (Å²) < 4.78 is 42.3. The smallest absolute Gasteiger partial charge is 0.339 e. The molecule has 0 atom stereocenters. The maximum absolute atomic E-state index is 13.2. The van der Waals surface area contributed by atoms with E-state index in [1.54, 1.807) is 13.0 Å². The molecule has 8 heteroatoms. The number of hydrogen-bond acceptors (Lipinski definition) is 5. The lowest BCUT2D eigenvalue weighted by atomic mass is 10.1. The second-order valence-corrected chi connectivity index (χ2v) is 6.20. The maximum Gasteiger partial charge on any atom is 0.339 e. The minimum Gasteiger partial charge on any atom is -0.371 e. The fourth-order valence-electron chi connectivity index (χ4n) is 1.74. The molecule has 0 radical (unpaired) electrons. The highest BCUT2D eigenvalue weighted by atomic mass is 32.2. The lowest BCUT2D eigenvalue weighted by Gasteiger charge is -2.09. The fraction of sp³-hybridized carbons (Fsp3) is 0.143. The number of halogens is 1. The van der Waals surface area contributed by atoms with Gasteiger partial charge in [-0.15, -0.1) is 0 Å². The normalized spacial score (nSPS) is 11.2. The molecule has 2 aromatic rings. The predicted molar refractivity (Wildman–Crippen MR) is 76.8 cm³/mol. The fourth-order valence-corrected chi connectivity index (χ4v) is 2.76. The standard InChI is InChI=1S/C14H12FNO5S/c1-9-3-5-12(7-10(9)2)22(19,20)21-14-8-11(15)4-6-13(14)16(17)18/h3-8H,1-2H3. The number of nitro groups is 1. The number of nitrogens with zero attached hydrogens (tertiary/aromatic N) is 1. The molecule has 0 N–H and O–H groups in total. The van der Waals surface area contributed by atoms with Crippen LogP contribution in [0.25, 0.3) is 0 Å². The topological polar surface area (TPSA) is 86.5 Å². The first kappa shape index (κ1) is 15.9. The van der Waals surface area contributed by atoms with Crippen molar-refractivity contribution >= 4 is 15.8 Å². The van der Waals surface area contributed by atoms with Crippen LogP contribution in [-0.4, -0.2) is 13.3 Å². The Morgan fingerprint density at radius 2 is 1.77 bits per heavy atom. The molecule has 2 rings (SSSR count). The highest BCUT2D eigenvalue weighted by Crippen LogP contribution is 2.30. The van der Waals surface area contributed by atoms with Crippen molar-refractivity contribution in [3.05, 3.63) is 63.5 Å². The van der Waals surface area contributed by atoms with Gasteiger partial charge in [0.1, 0.15) is 10.7 Å². The van der Waals surface area contributed by atoms with E-state index in [0.717, 1.165) is 23.3 Å². The van der Waals surface area contributed by atoms with E-state index < -0.39 is 32.3 Å². The van der Waals surface area contributed by atoms with Crippen LogP contribution in [-0.2, 0) is 10.1 Å². The summed E-state index contributed by atoms with van der Waals surface area (Å²) in [5.74, 6) is -1.50. The van der Waals surface area contributed by atoms with Crippen LogP contribution in [0, 0.1) is 29.8 Å². The van der Waals surface area contributed by atoms with Gasteiger partial charge in [-0.25, -0.2) is 4.39 Å². The molecule has 0 saturated heterocycles. The third kappa shape index (κ3) is 3.22. The maximum atomic E-state index is 13.2. The molecule has 0 spiro atoms. The zero-order valence-electron chi connectivity index (χ0n) is 11.7. The molecule has 116 valence electrons. The molecule has 22 heavy (non-hydrogen) atoms. The van der Waals surface area contributed by atoms with Crippen LogP contribution < -0.4 is 4.18 Å². The summed E-state index contributed by atoms with van der Waals surface area (Å²) in [6, 6.07) is 6.66. The number of rotatable bonds is 4. The van der Waals surface area contributed by atoms with Crippen LogP contribution in [0.3, 0.4) is 0 Å². The molecule has 0 aromatic heterocycles. The monoisotopic (exact) mass is 325 g/mol. The van der Waals surface area contributed by atoms with Crippen molar-refractivity contribution in [1.82, 2.24) is 0 Å². The van der Waals surface area contributed by atoms with E-state index >= 15 is 0 Å². The Hall–Kier alpha value is -2.48. The van der Waals surface area contributed by atoms with E-state index in [-0.39, 0.29) is 4.90 Å². The second kappa shape index (κ2) is 5.72. The number of aryl methyl sites for hydroxylation is 2. The second-order valence-electron chi connectivity index (χ2n) is 4.65. The van der Waals surface area contributed by atoms with Crippen molar-refractivity contribution in [2.24, 2.45) is 0 Å². The molecule has 0 aliphatic rings. The lowest BCUT2D eigenvalue weighted by Crippen LogP contribution is -2.11. The summed E-state index contributed by atoms with van der Waals surface area (Å²) in [4.78, 5) is 9.86. The molecule has 0 aliphatic heterocycles. The van der Waals surface area contributed by atoms with Crippen molar-refractivity contribution in [3.8, 4) is 5.75 Å². The molecule has 0 saturated carbocycles. The van der Waals surface area contributed by atoms with E-state index in [9.17, 15) is 22.9 Å². The van der Waals surface area contributed by atoms with E-state index in [2.05, 4.69) is 0 Å². The van der Waals surface area contributed by atoms with E-state index in [0.29, 0.717) is 6.07 Å². The average Bonchev–Trinajstić information content (AvgIpc) is 2.41. The number of nitro benzene ring substituents is 1. The molecule has 0 aliphatic carbocycles. The third-order valence-corrected chi connectivity index (χ3v) is 4.32. The molecule has 0 bridgehead atoms. The number of hydrogen-bond donors (Lipinski definition) is 0. The van der Waals surface area contributed by atoms with Gasteiger partial charge >= 0.3 is 15.8 Å². The van der Waals surface area contributed by atoms with E-state index in [4.69, 9.17) is 4.18 Å². The lowest BCUT2D eigenvalue weighted by molar-refractivity contribution is -0.385. The zero-order chi connectivity index (χ0) is 16.5. The third-order valence-electron chi connectivity index (χ3n) is 3.09. The van der Waals surface area contributed by atoms with Gasteiger partial charge in [0, 0.05) is 12.1 Å². The van der Waals surface area contributed by atoms with Crippen LogP contribution in [0.1, 0.15) is 11.1 Å². The van der Waals surface area contributed by atoms with Crippen LogP contribution in [0.4, 0.5) is 10.1 Å². The first-order valence-corrected chi connectivity index (χ1v) is 7.57. The summed E-state index contributed by atoms with van der Waals surface area (Å²) in [5.41, 5.74) is 0.975. The van der Waals surface area contributed by atoms with Crippen molar-refractivity contribution in [2.75, 3.05) is 0 Å². The Morgan fingerprint density at radius 1 is 1.09 bits per heavy atom. The Balaban J connectivity index is 2.47. The van der Waals surface area contributed by atoms with E-state index in [1.165, 1.54) is 12.1 Å². The summed E-state index contributed by atoms with van der Waals surface area (Å²) in [6.07, 6.45) is 0. The van der Waals surface area contributed by atoms with Gasteiger partial charge in [-0.2, -0.15) is 8.42 Å². The van der Waals surface area contributed by atoms with Crippen molar-refractivity contribution in [3.63, 3.8) is 0 Å². The van der Waals surface area contributed by atoms with Crippen molar-refractivity contribution < 1.29 is 21.9 Å². The molecule has 0 heterocycles. The van der Waals surface area contributed by atoms with Gasteiger partial charge < -0.3 is 4.18 Å². The van der Waals surface area contributed by atoms with Gasteiger partial charge in [-0.1, -0.05) is 6.07 Å². The highest BCUT2D eigenvalue weighted by Gasteiger charge is 2.24. The Morgan fingerprint density at radius 3 is 2.36 bits per heavy atom. The summed E-state index contributed by atoms with van der Waals surface area (Å²) in [7, 11) is -4.30. The Bertz CT molecular complexity index is 848. The van der Waals surface area contributed by atoms with E-state index in [1.807, 2.05) is 6.92 Å².